The standard InChI is InChI=1S/C19H25N5O6S/c1-2-30-17-7-6-15(12-18(17)31(28,29)23-9-4-3-5-10-23)21-19(25)8-11-22-14-16(13-20-22)24(26)27/h6-7,12-14H,2-5,8-11H2,1H3,(H,21,25). The van der Waals surface area contributed by atoms with Gasteiger partial charge in [0, 0.05) is 31.7 Å². The predicted octanol–water partition coefficient (Wildman–Crippen LogP) is 2.39. The van der Waals surface area contributed by atoms with Crippen molar-refractivity contribution in [3.8, 4) is 5.75 Å². The van der Waals surface area contributed by atoms with Gasteiger partial charge in [0.1, 0.15) is 23.0 Å². The maximum atomic E-state index is 13.2. The highest BCUT2D eigenvalue weighted by Gasteiger charge is 2.29. The van der Waals surface area contributed by atoms with Crippen LogP contribution < -0.4 is 10.1 Å². The van der Waals surface area contributed by atoms with E-state index in [1.807, 2.05) is 0 Å². The fourth-order valence-corrected chi connectivity index (χ4v) is 4.99. The number of aromatic nitrogens is 2. The number of sulfonamides is 1. The van der Waals surface area contributed by atoms with E-state index in [-0.39, 0.29) is 35.2 Å². The van der Waals surface area contributed by atoms with Crippen molar-refractivity contribution in [3.05, 3.63) is 40.7 Å². The van der Waals surface area contributed by atoms with Crippen molar-refractivity contribution in [3.63, 3.8) is 0 Å². The van der Waals surface area contributed by atoms with Gasteiger partial charge in [0.05, 0.1) is 11.5 Å². The average molecular weight is 452 g/mol. The molecule has 11 nitrogen and oxygen atoms in total. The smallest absolute Gasteiger partial charge is 0.306 e. The van der Waals surface area contributed by atoms with Gasteiger partial charge in [-0.25, -0.2) is 8.42 Å². The summed E-state index contributed by atoms with van der Waals surface area (Å²) in [5, 5.41) is 17.2. The Hall–Kier alpha value is -2.99. The summed E-state index contributed by atoms with van der Waals surface area (Å²) in [7, 11) is -3.75. The molecule has 168 valence electrons. The molecule has 31 heavy (non-hydrogen) atoms. The molecule has 1 amide bonds. The van der Waals surface area contributed by atoms with Gasteiger partial charge in [-0.2, -0.15) is 9.40 Å². The zero-order chi connectivity index (χ0) is 22.4. The summed E-state index contributed by atoms with van der Waals surface area (Å²) in [4.78, 5) is 22.5. The molecular weight excluding hydrogens is 426 g/mol. The van der Waals surface area contributed by atoms with Crippen LogP contribution in [0.15, 0.2) is 35.5 Å². The largest absolute Gasteiger partial charge is 0.492 e. The third kappa shape index (κ3) is 5.58. The Morgan fingerprint density at radius 2 is 2.03 bits per heavy atom. The lowest BCUT2D eigenvalue weighted by Crippen LogP contribution is -2.35. The van der Waals surface area contributed by atoms with Gasteiger partial charge in [0.2, 0.25) is 15.9 Å². The van der Waals surface area contributed by atoms with Crippen LogP contribution in [0.3, 0.4) is 0 Å². The van der Waals surface area contributed by atoms with Gasteiger partial charge in [0.25, 0.3) is 0 Å². The van der Waals surface area contributed by atoms with E-state index in [4.69, 9.17) is 4.74 Å². The molecule has 2 aromatic rings. The summed E-state index contributed by atoms with van der Waals surface area (Å²) in [5.41, 5.74) is 0.176. The molecule has 1 aromatic heterocycles. The van der Waals surface area contributed by atoms with Crippen molar-refractivity contribution in [2.45, 2.75) is 44.0 Å². The predicted molar refractivity (Wildman–Crippen MR) is 112 cm³/mol. The number of hydrogen-bond donors (Lipinski definition) is 1. The van der Waals surface area contributed by atoms with Crippen LogP contribution in [0.4, 0.5) is 11.4 Å². The Morgan fingerprint density at radius 3 is 2.68 bits per heavy atom. The van der Waals surface area contributed by atoms with E-state index in [2.05, 4.69) is 10.4 Å². The molecule has 12 heteroatoms. The number of nitrogens with one attached hydrogen (secondary N) is 1. The van der Waals surface area contributed by atoms with Crippen molar-refractivity contribution in [1.82, 2.24) is 14.1 Å². The van der Waals surface area contributed by atoms with Gasteiger partial charge >= 0.3 is 5.69 Å². The van der Waals surface area contributed by atoms with Gasteiger partial charge in [0.15, 0.2) is 0 Å². The van der Waals surface area contributed by atoms with Gasteiger partial charge in [-0.05, 0) is 38.0 Å². The number of anilines is 1. The minimum atomic E-state index is -3.75. The normalized spacial score (nSPS) is 14.9. The van der Waals surface area contributed by atoms with E-state index in [0.717, 1.165) is 25.5 Å². The third-order valence-electron chi connectivity index (χ3n) is 4.86. The Labute approximate surface area is 180 Å². The molecule has 0 atom stereocenters. The van der Waals surface area contributed by atoms with Gasteiger partial charge in [-0.1, -0.05) is 6.42 Å². The number of carbonyl (C=O) groups is 1. The van der Waals surface area contributed by atoms with E-state index >= 15 is 0 Å². The molecule has 0 saturated carbocycles. The topological polar surface area (TPSA) is 137 Å². The molecule has 1 aliphatic rings. The molecule has 2 heterocycles. The Kier molecular flexibility index (Phi) is 7.23. The summed E-state index contributed by atoms with van der Waals surface area (Å²) in [5.74, 6) is -0.126. The van der Waals surface area contributed by atoms with Crippen LogP contribution in [0.5, 0.6) is 5.75 Å². The number of amides is 1. The van der Waals surface area contributed by atoms with Crippen molar-refractivity contribution >= 4 is 27.3 Å². The molecular formula is C19H25N5O6S. The number of rotatable bonds is 9. The summed E-state index contributed by atoms with van der Waals surface area (Å²) >= 11 is 0. The van der Waals surface area contributed by atoms with Gasteiger partial charge in [-0.3, -0.25) is 19.6 Å². The second-order valence-electron chi connectivity index (χ2n) is 7.08. The Bertz CT molecular complexity index is 1050. The number of carbonyl (C=O) groups excluding carboxylic acids is 1. The molecule has 1 aliphatic heterocycles. The number of nitro groups is 1. The van der Waals surface area contributed by atoms with Crippen LogP contribution in [0.1, 0.15) is 32.6 Å². The molecule has 1 aromatic carbocycles. The monoisotopic (exact) mass is 451 g/mol. The highest BCUT2D eigenvalue weighted by atomic mass is 32.2. The minimum absolute atomic E-state index is 0.0141. The molecule has 0 bridgehead atoms. The summed E-state index contributed by atoms with van der Waals surface area (Å²) < 4.78 is 34.6. The molecule has 0 aliphatic carbocycles. The van der Waals surface area contributed by atoms with Crippen molar-refractivity contribution < 1.29 is 22.9 Å². The first-order chi connectivity index (χ1) is 14.8. The number of nitrogens with zero attached hydrogens (tertiary/aromatic N) is 4. The number of benzene rings is 1. The Morgan fingerprint density at radius 1 is 1.29 bits per heavy atom. The third-order valence-corrected chi connectivity index (χ3v) is 6.78. The van der Waals surface area contributed by atoms with Gasteiger partial charge < -0.3 is 10.1 Å². The van der Waals surface area contributed by atoms with E-state index in [1.165, 1.54) is 27.3 Å². The number of piperidine rings is 1. The van der Waals surface area contributed by atoms with E-state index in [9.17, 15) is 23.3 Å². The SMILES string of the molecule is CCOc1ccc(NC(=O)CCn2cc([N+](=O)[O-])cn2)cc1S(=O)(=O)N1CCCCC1. The second-order valence-corrected chi connectivity index (χ2v) is 8.98. The average Bonchev–Trinajstić information content (AvgIpc) is 3.24. The first-order valence-corrected chi connectivity index (χ1v) is 11.5. The zero-order valence-corrected chi connectivity index (χ0v) is 18.0. The van der Waals surface area contributed by atoms with Crippen LogP contribution in [0, 0.1) is 10.1 Å². The molecule has 0 radical (unpaired) electrons. The molecule has 1 N–H and O–H groups in total. The molecule has 1 fully saturated rings. The number of ether oxygens (including phenoxy) is 1. The lowest BCUT2D eigenvalue weighted by molar-refractivity contribution is -0.385. The summed E-state index contributed by atoms with van der Waals surface area (Å²) in [6, 6.07) is 4.52. The molecule has 3 rings (SSSR count). The molecule has 1 saturated heterocycles. The van der Waals surface area contributed by atoms with E-state index < -0.39 is 14.9 Å². The van der Waals surface area contributed by atoms with Gasteiger partial charge in [-0.15, -0.1) is 0 Å². The van der Waals surface area contributed by atoms with Crippen LogP contribution in [-0.4, -0.2) is 53.0 Å². The fraction of sp³-hybridized carbons (Fsp3) is 0.474. The van der Waals surface area contributed by atoms with Crippen molar-refractivity contribution in [1.29, 1.82) is 0 Å². The zero-order valence-electron chi connectivity index (χ0n) is 17.2. The Balaban J connectivity index is 1.73. The number of aryl methyl sites for hydroxylation is 1. The van der Waals surface area contributed by atoms with Crippen LogP contribution >= 0.6 is 0 Å². The first-order valence-electron chi connectivity index (χ1n) is 10.0. The van der Waals surface area contributed by atoms with E-state index in [1.54, 1.807) is 13.0 Å². The highest BCUT2D eigenvalue weighted by molar-refractivity contribution is 7.89. The lowest BCUT2D eigenvalue weighted by atomic mass is 10.2. The minimum Gasteiger partial charge on any atom is -0.492 e. The molecule has 0 unspecified atom stereocenters. The number of hydrogen-bond acceptors (Lipinski definition) is 7. The maximum Gasteiger partial charge on any atom is 0.306 e. The maximum absolute atomic E-state index is 13.2. The van der Waals surface area contributed by atoms with E-state index in [0.29, 0.717) is 25.4 Å². The summed E-state index contributed by atoms with van der Waals surface area (Å²) in [6.07, 6.45) is 4.99. The first kappa shape index (κ1) is 22.7. The fourth-order valence-electron chi connectivity index (χ4n) is 3.32. The second kappa shape index (κ2) is 9.88. The van der Waals surface area contributed by atoms with Crippen molar-refractivity contribution in [2.75, 3.05) is 25.0 Å². The van der Waals surface area contributed by atoms with Crippen LogP contribution in [0.25, 0.3) is 0 Å². The quantitative estimate of drug-likeness (QED) is 0.456. The van der Waals surface area contributed by atoms with Crippen LogP contribution in [-0.2, 0) is 21.4 Å². The van der Waals surface area contributed by atoms with Crippen LogP contribution in [0.2, 0.25) is 0 Å². The van der Waals surface area contributed by atoms with Crippen molar-refractivity contribution in [2.24, 2.45) is 0 Å². The highest BCUT2D eigenvalue weighted by Crippen LogP contribution is 2.31. The lowest BCUT2D eigenvalue weighted by Gasteiger charge is -2.27. The summed E-state index contributed by atoms with van der Waals surface area (Å²) in [6.45, 7) is 3.15. The molecule has 0 spiro atoms.